The number of nitrogens with zero attached hydrogens (tertiary/aromatic N) is 2. The Morgan fingerprint density at radius 2 is 2.06 bits per heavy atom. The van der Waals surface area contributed by atoms with E-state index in [0.717, 1.165) is 6.20 Å². The van der Waals surface area contributed by atoms with Crippen LogP contribution in [0.5, 0.6) is 0 Å². The summed E-state index contributed by atoms with van der Waals surface area (Å²) >= 11 is 0. The molecule has 16 heavy (non-hydrogen) atoms. The van der Waals surface area contributed by atoms with Gasteiger partial charge in [-0.15, -0.1) is 0 Å². The molecule has 84 valence electrons. The van der Waals surface area contributed by atoms with Gasteiger partial charge in [0.2, 0.25) is 0 Å². The lowest BCUT2D eigenvalue weighted by atomic mass is 9.66. The van der Waals surface area contributed by atoms with Crippen LogP contribution in [0, 0.1) is 11.3 Å². The zero-order valence-corrected chi connectivity index (χ0v) is 8.81. The van der Waals surface area contributed by atoms with Crippen molar-refractivity contribution in [2.75, 3.05) is 0 Å². The fourth-order valence-corrected chi connectivity index (χ4v) is 2.19. The maximum atomic E-state index is 12.9. The molecule has 5 heteroatoms. The second-order valence-corrected chi connectivity index (χ2v) is 4.54. The average molecular weight is 226 g/mol. The quantitative estimate of drug-likeness (QED) is 0.682. The SMILES string of the molecule is CC1(C)Cc2ncc(C#N)c(C(F)(F)F)c21. The molecule has 0 aliphatic heterocycles. The lowest BCUT2D eigenvalue weighted by Crippen LogP contribution is -2.37. The van der Waals surface area contributed by atoms with Crippen molar-refractivity contribution in [3.05, 3.63) is 28.6 Å². The summed E-state index contributed by atoms with van der Waals surface area (Å²) in [6.07, 6.45) is -2.95. The predicted molar refractivity (Wildman–Crippen MR) is 50.7 cm³/mol. The van der Waals surface area contributed by atoms with Crippen LogP contribution < -0.4 is 0 Å². The monoisotopic (exact) mass is 226 g/mol. The molecule has 0 aromatic carbocycles. The van der Waals surface area contributed by atoms with E-state index in [1.165, 1.54) is 0 Å². The van der Waals surface area contributed by atoms with Gasteiger partial charge in [0, 0.05) is 11.9 Å². The average Bonchev–Trinajstić information content (AvgIpc) is 2.14. The Hall–Kier alpha value is -1.57. The maximum absolute atomic E-state index is 12.9. The van der Waals surface area contributed by atoms with Crippen LogP contribution in [0.25, 0.3) is 0 Å². The van der Waals surface area contributed by atoms with Gasteiger partial charge in [0.05, 0.1) is 11.1 Å². The van der Waals surface area contributed by atoms with Crippen molar-refractivity contribution in [1.82, 2.24) is 4.98 Å². The Labute approximate surface area is 90.7 Å². The molecule has 1 aromatic rings. The zero-order valence-electron chi connectivity index (χ0n) is 8.81. The van der Waals surface area contributed by atoms with Gasteiger partial charge >= 0.3 is 6.18 Å². The van der Waals surface area contributed by atoms with Gasteiger partial charge in [0.15, 0.2) is 0 Å². The summed E-state index contributed by atoms with van der Waals surface area (Å²) in [5.74, 6) is 0. The number of fused-ring (bicyclic) bond motifs is 1. The fourth-order valence-electron chi connectivity index (χ4n) is 2.19. The van der Waals surface area contributed by atoms with E-state index in [9.17, 15) is 13.2 Å². The number of alkyl halides is 3. The van der Waals surface area contributed by atoms with Crippen LogP contribution >= 0.6 is 0 Å². The largest absolute Gasteiger partial charge is 0.418 e. The van der Waals surface area contributed by atoms with Gasteiger partial charge < -0.3 is 0 Å². The molecule has 0 radical (unpaired) electrons. The first-order chi connectivity index (χ1) is 7.27. The number of rotatable bonds is 0. The second-order valence-electron chi connectivity index (χ2n) is 4.54. The van der Waals surface area contributed by atoms with Crippen molar-refractivity contribution < 1.29 is 13.2 Å². The smallest absolute Gasteiger partial charge is 0.260 e. The molecule has 0 saturated carbocycles. The van der Waals surface area contributed by atoms with Crippen LogP contribution in [0.1, 0.15) is 36.2 Å². The molecule has 0 spiro atoms. The summed E-state index contributed by atoms with van der Waals surface area (Å²) in [5.41, 5.74) is -1.11. The minimum absolute atomic E-state index is 0.180. The van der Waals surface area contributed by atoms with E-state index < -0.39 is 17.2 Å². The molecule has 0 fully saturated rings. The minimum Gasteiger partial charge on any atom is -0.260 e. The molecule has 0 atom stereocenters. The fraction of sp³-hybridized carbons (Fsp3) is 0.455. The number of hydrogen-bond donors (Lipinski definition) is 0. The highest BCUT2D eigenvalue weighted by Gasteiger charge is 2.47. The highest BCUT2D eigenvalue weighted by molar-refractivity contribution is 5.53. The Bertz CT molecular complexity index is 495. The van der Waals surface area contributed by atoms with Gasteiger partial charge in [-0.3, -0.25) is 4.98 Å². The van der Waals surface area contributed by atoms with Crippen molar-refractivity contribution >= 4 is 0 Å². The highest BCUT2D eigenvalue weighted by atomic mass is 19.4. The normalized spacial score (nSPS) is 17.2. The van der Waals surface area contributed by atoms with Gasteiger partial charge in [0.1, 0.15) is 6.07 Å². The van der Waals surface area contributed by atoms with Crippen molar-refractivity contribution in [3.8, 4) is 6.07 Å². The molecular weight excluding hydrogens is 217 g/mol. The maximum Gasteiger partial charge on any atom is 0.418 e. The number of aromatic nitrogens is 1. The Morgan fingerprint density at radius 3 is 2.50 bits per heavy atom. The van der Waals surface area contributed by atoms with Gasteiger partial charge in [-0.05, 0) is 17.4 Å². The van der Waals surface area contributed by atoms with Crippen LogP contribution in [0.15, 0.2) is 6.20 Å². The van der Waals surface area contributed by atoms with E-state index in [-0.39, 0.29) is 11.1 Å². The van der Waals surface area contributed by atoms with E-state index in [2.05, 4.69) is 4.98 Å². The van der Waals surface area contributed by atoms with E-state index >= 15 is 0 Å². The van der Waals surface area contributed by atoms with Crippen molar-refractivity contribution in [1.29, 1.82) is 5.26 Å². The molecule has 0 bridgehead atoms. The Morgan fingerprint density at radius 1 is 1.44 bits per heavy atom. The molecular formula is C11H9F3N2. The number of nitriles is 1. The van der Waals surface area contributed by atoms with Crippen LogP contribution in [-0.4, -0.2) is 4.98 Å². The molecule has 1 aromatic heterocycles. The first-order valence-electron chi connectivity index (χ1n) is 4.77. The Kier molecular flexibility index (Phi) is 2.03. The first kappa shape index (κ1) is 10.9. The van der Waals surface area contributed by atoms with E-state index in [1.807, 2.05) is 0 Å². The van der Waals surface area contributed by atoms with Gasteiger partial charge in [0.25, 0.3) is 0 Å². The van der Waals surface area contributed by atoms with Gasteiger partial charge in [-0.1, -0.05) is 13.8 Å². The topological polar surface area (TPSA) is 36.7 Å². The first-order valence-corrected chi connectivity index (χ1v) is 4.77. The molecule has 1 aliphatic carbocycles. The molecule has 1 aliphatic rings. The summed E-state index contributed by atoms with van der Waals surface area (Å²) in [6.45, 7) is 3.46. The van der Waals surface area contributed by atoms with Crippen LogP contribution in [0.4, 0.5) is 13.2 Å². The van der Waals surface area contributed by atoms with Gasteiger partial charge in [-0.2, -0.15) is 18.4 Å². The van der Waals surface area contributed by atoms with Crippen molar-refractivity contribution in [2.24, 2.45) is 0 Å². The van der Waals surface area contributed by atoms with Gasteiger partial charge in [-0.25, -0.2) is 0 Å². The molecule has 0 unspecified atom stereocenters. The minimum atomic E-state index is -4.49. The standard InChI is InChI=1S/C11H9F3N2/c1-10(2)3-7-9(10)8(11(12,13)14)6(4-15)5-16-7/h5H,3H2,1-2H3. The van der Waals surface area contributed by atoms with Crippen LogP contribution in [0.3, 0.4) is 0 Å². The molecule has 2 rings (SSSR count). The molecule has 2 nitrogen and oxygen atoms in total. The summed E-state index contributed by atoms with van der Waals surface area (Å²) in [6, 6.07) is 1.56. The third-order valence-corrected chi connectivity index (χ3v) is 2.85. The van der Waals surface area contributed by atoms with E-state index in [4.69, 9.17) is 5.26 Å². The number of hydrogen-bond acceptors (Lipinski definition) is 2. The van der Waals surface area contributed by atoms with E-state index in [0.29, 0.717) is 12.1 Å². The number of halogens is 3. The summed E-state index contributed by atoms with van der Waals surface area (Å²) in [5, 5.41) is 8.70. The lowest BCUT2D eigenvalue weighted by Gasteiger charge is -2.39. The molecule has 0 N–H and O–H groups in total. The lowest BCUT2D eigenvalue weighted by molar-refractivity contribution is -0.139. The molecule has 0 saturated heterocycles. The summed E-state index contributed by atoms with van der Waals surface area (Å²) in [4.78, 5) is 3.88. The third kappa shape index (κ3) is 1.37. The van der Waals surface area contributed by atoms with Crippen LogP contribution in [-0.2, 0) is 18.0 Å². The molecule has 1 heterocycles. The van der Waals surface area contributed by atoms with Crippen LogP contribution in [0.2, 0.25) is 0 Å². The summed E-state index contributed by atoms with van der Waals surface area (Å²) in [7, 11) is 0. The Balaban J connectivity index is 2.75. The second kappa shape index (κ2) is 2.97. The summed E-state index contributed by atoms with van der Waals surface area (Å²) < 4.78 is 38.6. The zero-order chi connectivity index (χ0) is 12.1. The molecule has 0 amide bonds. The highest BCUT2D eigenvalue weighted by Crippen LogP contribution is 2.47. The van der Waals surface area contributed by atoms with Crippen molar-refractivity contribution in [3.63, 3.8) is 0 Å². The predicted octanol–water partition coefficient (Wildman–Crippen LogP) is 2.81. The van der Waals surface area contributed by atoms with Crippen molar-refractivity contribution in [2.45, 2.75) is 31.9 Å². The number of pyridine rings is 1. The van der Waals surface area contributed by atoms with E-state index in [1.54, 1.807) is 19.9 Å². The third-order valence-electron chi connectivity index (χ3n) is 2.85.